The molecule has 1 aromatic heterocycles. The lowest BCUT2D eigenvalue weighted by Crippen LogP contribution is -2.49. The van der Waals surface area contributed by atoms with Gasteiger partial charge in [-0.25, -0.2) is 0 Å². The summed E-state index contributed by atoms with van der Waals surface area (Å²) in [6, 6.07) is 1.59. The van der Waals surface area contributed by atoms with Crippen molar-refractivity contribution in [2.75, 3.05) is 18.8 Å². The van der Waals surface area contributed by atoms with Crippen LogP contribution >= 0.6 is 11.8 Å². The van der Waals surface area contributed by atoms with Crippen LogP contribution in [0.2, 0.25) is 0 Å². The zero-order chi connectivity index (χ0) is 15.1. The summed E-state index contributed by atoms with van der Waals surface area (Å²) in [4.78, 5) is 29.3. The van der Waals surface area contributed by atoms with Crippen LogP contribution in [0.5, 0.6) is 0 Å². The molecule has 3 heterocycles. The van der Waals surface area contributed by atoms with Gasteiger partial charge in [0.25, 0.3) is 0 Å². The van der Waals surface area contributed by atoms with Gasteiger partial charge in [-0.1, -0.05) is 0 Å². The lowest BCUT2D eigenvalue weighted by Gasteiger charge is -2.30. The molecule has 3 aliphatic rings. The normalized spacial score (nSPS) is 28.4. The Kier molecular flexibility index (Phi) is 3.64. The highest BCUT2D eigenvalue weighted by molar-refractivity contribution is 7.99. The first-order valence-electron chi connectivity index (χ1n) is 8.00. The molecule has 118 valence electrons. The average Bonchev–Trinajstić information content (AvgIpc) is 3.01. The number of thioether (sulfide) groups is 1. The van der Waals surface area contributed by atoms with Gasteiger partial charge in [0.05, 0.1) is 12.5 Å². The topological polar surface area (TPSA) is 53.8 Å². The summed E-state index contributed by atoms with van der Waals surface area (Å²) >= 11 is 1.67. The molecule has 22 heavy (non-hydrogen) atoms. The summed E-state index contributed by atoms with van der Waals surface area (Å²) in [7, 11) is 0. The molecule has 4 rings (SSSR count). The molecule has 2 aliphatic heterocycles. The maximum Gasteiger partial charge on any atom is 0.246 e. The van der Waals surface area contributed by atoms with E-state index in [9.17, 15) is 9.59 Å². The third kappa shape index (κ3) is 2.43. The number of hydrogen-bond donors (Lipinski definition) is 0. The van der Waals surface area contributed by atoms with Crippen molar-refractivity contribution in [2.45, 2.75) is 37.1 Å². The first-order valence-corrected chi connectivity index (χ1v) is 9.05. The molecular formula is C16H20N2O3S. The van der Waals surface area contributed by atoms with Gasteiger partial charge in [-0.3, -0.25) is 9.59 Å². The van der Waals surface area contributed by atoms with Gasteiger partial charge in [-0.05, 0) is 31.7 Å². The van der Waals surface area contributed by atoms with Crippen LogP contribution in [0.4, 0.5) is 0 Å². The fourth-order valence-corrected chi connectivity index (χ4v) is 4.73. The Morgan fingerprint density at radius 3 is 2.59 bits per heavy atom. The van der Waals surface area contributed by atoms with E-state index >= 15 is 0 Å². The number of likely N-dealkylation sites (tertiary alicyclic amines) is 1. The number of carbonyl (C=O) groups excluding carboxylic acids is 2. The molecule has 3 fully saturated rings. The number of rotatable bonds is 3. The molecule has 2 saturated heterocycles. The third-order valence-corrected chi connectivity index (χ3v) is 6.04. The van der Waals surface area contributed by atoms with Crippen LogP contribution in [0.1, 0.15) is 36.6 Å². The van der Waals surface area contributed by atoms with Crippen molar-refractivity contribution in [1.82, 2.24) is 9.80 Å². The van der Waals surface area contributed by atoms with Crippen molar-refractivity contribution in [3.63, 3.8) is 0 Å². The van der Waals surface area contributed by atoms with Crippen LogP contribution in [0.3, 0.4) is 0 Å². The third-order valence-electron chi connectivity index (χ3n) is 4.71. The highest BCUT2D eigenvalue weighted by Gasteiger charge is 2.47. The molecule has 2 unspecified atom stereocenters. The Morgan fingerprint density at radius 2 is 1.95 bits per heavy atom. The van der Waals surface area contributed by atoms with Crippen LogP contribution < -0.4 is 0 Å². The SMILES string of the molecule is O=C(C1CSC(c2ccoc2)N1C(=O)C1CC1)N1CCCC1. The largest absolute Gasteiger partial charge is 0.472 e. The molecule has 0 bridgehead atoms. The molecule has 1 aromatic rings. The van der Waals surface area contributed by atoms with E-state index in [4.69, 9.17) is 4.42 Å². The van der Waals surface area contributed by atoms with Crippen LogP contribution in [-0.2, 0) is 9.59 Å². The Balaban J connectivity index is 1.59. The summed E-state index contributed by atoms with van der Waals surface area (Å²) in [6.45, 7) is 1.67. The first kappa shape index (κ1) is 14.2. The van der Waals surface area contributed by atoms with E-state index in [-0.39, 0.29) is 29.1 Å². The fourth-order valence-electron chi connectivity index (χ4n) is 3.33. The summed E-state index contributed by atoms with van der Waals surface area (Å²) in [5.74, 6) is 1.09. The minimum absolute atomic E-state index is 0.0802. The van der Waals surface area contributed by atoms with E-state index in [1.807, 2.05) is 15.9 Å². The van der Waals surface area contributed by atoms with Gasteiger partial charge in [0, 0.05) is 30.3 Å². The zero-order valence-electron chi connectivity index (χ0n) is 12.4. The molecule has 0 radical (unpaired) electrons. The second kappa shape index (κ2) is 5.65. The molecule has 1 saturated carbocycles. The Hall–Kier alpha value is -1.43. The zero-order valence-corrected chi connectivity index (χ0v) is 13.3. The minimum Gasteiger partial charge on any atom is -0.472 e. The van der Waals surface area contributed by atoms with E-state index in [0.29, 0.717) is 5.75 Å². The first-order chi connectivity index (χ1) is 10.8. The lowest BCUT2D eigenvalue weighted by atomic mass is 10.2. The maximum atomic E-state index is 12.8. The van der Waals surface area contributed by atoms with Gasteiger partial charge < -0.3 is 14.2 Å². The van der Waals surface area contributed by atoms with Gasteiger partial charge >= 0.3 is 0 Å². The molecule has 0 aromatic carbocycles. The van der Waals surface area contributed by atoms with Crippen molar-refractivity contribution in [3.8, 4) is 0 Å². The Morgan fingerprint density at radius 1 is 1.18 bits per heavy atom. The minimum atomic E-state index is -0.309. The van der Waals surface area contributed by atoms with Crippen molar-refractivity contribution in [1.29, 1.82) is 0 Å². The highest BCUT2D eigenvalue weighted by atomic mass is 32.2. The van der Waals surface area contributed by atoms with E-state index in [2.05, 4.69) is 0 Å². The highest BCUT2D eigenvalue weighted by Crippen LogP contribution is 2.45. The van der Waals surface area contributed by atoms with Gasteiger partial charge in [-0.15, -0.1) is 11.8 Å². The number of hydrogen-bond acceptors (Lipinski definition) is 4. The van der Waals surface area contributed by atoms with Crippen molar-refractivity contribution in [2.24, 2.45) is 5.92 Å². The lowest BCUT2D eigenvalue weighted by molar-refractivity contribution is -0.145. The molecule has 2 amide bonds. The summed E-state index contributed by atoms with van der Waals surface area (Å²) in [5.41, 5.74) is 0.982. The number of amides is 2. The van der Waals surface area contributed by atoms with Gasteiger partial charge in [0.2, 0.25) is 11.8 Å². The Labute approximate surface area is 134 Å². The fraction of sp³-hybridized carbons (Fsp3) is 0.625. The molecule has 5 nitrogen and oxygen atoms in total. The van der Waals surface area contributed by atoms with E-state index in [1.54, 1.807) is 24.3 Å². The van der Waals surface area contributed by atoms with Gasteiger partial charge in [-0.2, -0.15) is 0 Å². The smallest absolute Gasteiger partial charge is 0.246 e. The van der Waals surface area contributed by atoms with Crippen molar-refractivity contribution in [3.05, 3.63) is 24.2 Å². The van der Waals surface area contributed by atoms with E-state index in [1.165, 1.54) is 0 Å². The Bertz CT molecular complexity index is 564. The van der Waals surface area contributed by atoms with E-state index in [0.717, 1.165) is 44.3 Å². The van der Waals surface area contributed by atoms with Crippen molar-refractivity contribution < 1.29 is 14.0 Å². The molecule has 6 heteroatoms. The molecular weight excluding hydrogens is 300 g/mol. The monoisotopic (exact) mass is 320 g/mol. The molecule has 1 aliphatic carbocycles. The predicted octanol–water partition coefficient (Wildman–Crippen LogP) is 2.25. The number of furan rings is 1. The van der Waals surface area contributed by atoms with Crippen LogP contribution in [0.25, 0.3) is 0 Å². The number of nitrogens with zero attached hydrogens (tertiary/aromatic N) is 2. The van der Waals surface area contributed by atoms with Crippen LogP contribution in [-0.4, -0.2) is 46.5 Å². The summed E-state index contributed by atoms with van der Waals surface area (Å²) in [6.07, 6.45) is 7.39. The standard InChI is InChI=1S/C16H20N2O3S/c19-14(11-3-4-11)18-13(15(20)17-6-1-2-7-17)10-22-16(18)12-5-8-21-9-12/h5,8-9,11,13,16H,1-4,6-7,10H2. The quantitative estimate of drug-likeness (QED) is 0.857. The second-order valence-electron chi connectivity index (χ2n) is 6.31. The van der Waals surface area contributed by atoms with E-state index < -0.39 is 0 Å². The molecule has 0 N–H and O–H groups in total. The summed E-state index contributed by atoms with van der Waals surface area (Å²) < 4.78 is 5.18. The van der Waals surface area contributed by atoms with Crippen LogP contribution in [0, 0.1) is 5.92 Å². The van der Waals surface area contributed by atoms with Crippen molar-refractivity contribution >= 4 is 23.6 Å². The van der Waals surface area contributed by atoms with Gasteiger partial charge in [0.1, 0.15) is 11.4 Å². The van der Waals surface area contributed by atoms with Gasteiger partial charge in [0.15, 0.2) is 0 Å². The molecule has 0 spiro atoms. The summed E-state index contributed by atoms with van der Waals surface area (Å²) in [5, 5.41) is -0.0802. The maximum absolute atomic E-state index is 12.8. The van der Waals surface area contributed by atoms with Crippen LogP contribution in [0.15, 0.2) is 23.0 Å². The average molecular weight is 320 g/mol. The molecule has 2 atom stereocenters. The second-order valence-corrected chi connectivity index (χ2v) is 7.42. The number of carbonyl (C=O) groups is 2. The predicted molar refractivity (Wildman–Crippen MR) is 83.1 cm³/mol.